The average molecular weight is 382 g/mol. The Kier molecular flexibility index (Phi) is 5.91. The zero-order valence-electron chi connectivity index (χ0n) is 16.1. The van der Waals surface area contributed by atoms with Crippen molar-refractivity contribution in [1.29, 1.82) is 0 Å². The van der Waals surface area contributed by atoms with Crippen molar-refractivity contribution in [2.24, 2.45) is 11.8 Å². The van der Waals surface area contributed by atoms with Crippen LogP contribution in [-0.4, -0.2) is 37.0 Å². The lowest BCUT2D eigenvalue weighted by Crippen LogP contribution is -2.24. The van der Waals surface area contributed by atoms with Crippen molar-refractivity contribution in [3.63, 3.8) is 0 Å². The van der Waals surface area contributed by atoms with Crippen LogP contribution in [0.15, 0.2) is 48.5 Å². The van der Waals surface area contributed by atoms with Gasteiger partial charge in [0, 0.05) is 30.9 Å². The van der Waals surface area contributed by atoms with Gasteiger partial charge in [-0.2, -0.15) is 0 Å². The predicted octanol–water partition coefficient (Wildman–Crippen LogP) is 4.58. The number of hydrogen-bond acceptors (Lipinski definition) is 3. The highest BCUT2D eigenvalue weighted by Crippen LogP contribution is 2.37. The number of benzene rings is 2. The summed E-state index contributed by atoms with van der Waals surface area (Å²) in [5.74, 6) is 2.10. The number of nitrogens with zero attached hydrogens (tertiary/aromatic N) is 1. The SMILES string of the molecule is O=C(Nc1ccc(F)cc1)c1ccc(OCCCN2CC3CCCC3C2)cc1. The molecule has 1 saturated carbocycles. The topological polar surface area (TPSA) is 41.6 Å². The van der Waals surface area contributed by atoms with Crippen LogP contribution in [0.1, 0.15) is 36.0 Å². The molecular weight excluding hydrogens is 355 g/mol. The molecule has 28 heavy (non-hydrogen) atoms. The lowest BCUT2D eigenvalue weighted by atomic mass is 10.0. The smallest absolute Gasteiger partial charge is 0.255 e. The van der Waals surface area contributed by atoms with Gasteiger partial charge >= 0.3 is 0 Å². The van der Waals surface area contributed by atoms with E-state index in [1.807, 2.05) is 12.1 Å². The lowest BCUT2D eigenvalue weighted by Gasteiger charge is -2.16. The van der Waals surface area contributed by atoms with E-state index in [0.717, 1.165) is 30.6 Å². The molecule has 1 aliphatic heterocycles. The third-order valence-electron chi connectivity index (χ3n) is 5.91. The van der Waals surface area contributed by atoms with Gasteiger partial charge in [0.2, 0.25) is 0 Å². The molecule has 0 bridgehead atoms. The Labute approximate surface area is 165 Å². The minimum atomic E-state index is -0.327. The Morgan fingerprint density at radius 3 is 2.39 bits per heavy atom. The summed E-state index contributed by atoms with van der Waals surface area (Å²) in [4.78, 5) is 14.8. The zero-order chi connectivity index (χ0) is 19.3. The predicted molar refractivity (Wildman–Crippen MR) is 108 cm³/mol. The number of likely N-dealkylation sites (tertiary alicyclic amines) is 1. The minimum absolute atomic E-state index is 0.224. The van der Waals surface area contributed by atoms with E-state index in [4.69, 9.17) is 4.74 Å². The lowest BCUT2D eigenvalue weighted by molar-refractivity contribution is 0.102. The van der Waals surface area contributed by atoms with Crippen LogP contribution >= 0.6 is 0 Å². The van der Waals surface area contributed by atoms with E-state index in [1.54, 1.807) is 12.1 Å². The Balaban J connectivity index is 1.19. The van der Waals surface area contributed by atoms with Gasteiger partial charge in [-0.05, 0) is 79.6 Å². The highest BCUT2D eigenvalue weighted by Gasteiger charge is 2.35. The number of fused-ring (bicyclic) bond motifs is 1. The number of carbonyl (C=O) groups is 1. The van der Waals surface area contributed by atoms with Crippen LogP contribution in [0.5, 0.6) is 5.75 Å². The molecule has 0 spiro atoms. The van der Waals surface area contributed by atoms with Gasteiger partial charge in [-0.15, -0.1) is 0 Å². The first-order valence-electron chi connectivity index (χ1n) is 10.2. The summed E-state index contributed by atoms with van der Waals surface area (Å²) in [6.07, 6.45) is 5.27. The first-order chi connectivity index (χ1) is 13.7. The number of ether oxygens (including phenoxy) is 1. The molecule has 1 saturated heterocycles. The normalized spacial score (nSPS) is 21.5. The molecule has 2 aromatic carbocycles. The molecule has 2 unspecified atom stereocenters. The maximum absolute atomic E-state index is 12.9. The summed E-state index contributed by atoms with van der Waals surface area (Å²) >= 11 is 0. The van der Waals surface area contributed by atoms with Gasteiger partial charge in [0.05, 0.1) is 6.61 Å². The highest BCUT2D eigenvalue weighted by molar-refractivity contribution is 6.04. The van der Waals surface area contributed by atoms with Crippen molar-refractivity contribution in [3.05, 3.63) is 59.9 Å². The first-order valence-corrected chi connectivity index (χ1v) is 10.2. The van der Waals surface area contributed by atoms with Gasteiger partial charge in [0.1, 0.15) is 11.6 Å². The second kappa shape index (κ2) is 8.74. The maximum atomic E-state index is 12.9. The fourth-order valence-corrected chi connectivity index (χ4v) is 4.43. The van der Waals surface area contributed by atoms with Gasteiger partial charge in [0.15, 0.2) is 0 Å². The second-order valence-electron chi connectivity index (χ2n) is 7.90. The van der Waals surface area contributed by atoms with Gasteiger partial charge in [-0.25, -0.2) is 4.39 Å². The average Bonchev–Trinajstić information content (AvgIpc) is 3.29. The van der Waals surface area contributed by atoms with E-state index >= 15 is 0 Å². The van der Waals surface area contributed by atoms with Crippen molar-refractivity contribution in [1.82, 2.24) is 4.90 Å². The molecule has 4 rings (SSSR count). The summed E-state index contributed by atoms with van der Waals surface area (Å²) in [5, 5.41) is 2.75. The molecular formula is C23H27FN2O2. The maximum Gasteiger partial charge on any atom is 0.255 e. The largest absolute Gasteiger partial charge is 0.494 e. The van der Waals surface area contributed by atoms with E-state index < -0.39 is 0 Å². The third kappa shape index (κ3) is 4.71. The van der Waals surface area contributed by atoms with Gasteiger partial charge in [0.25, 0.3) is 5.91 Å². The summed E-state index contributed by atoms with van der Waals surface area (Å²) < 4.78 is 18.8. The van der Waals surface area contributed by atoms with E-state index in [-0.39, 0.29) is 11.7 Å². The molecule has 1 amide bonds. The summed E-state index contributed by atoms with van der Waals surface area (Å²) in [6.45, 7) is 4.32. The van der Waals surface area contributed by atoms with Crippen LogP contribution in [0, 0.1) is 17.7 Å². The molecule has 148 valence electrons. The Morgan fingerprint density at radius 1 is 1.04 bits per heavy atom. The van der Waals surface area contributed by atoms with E-state index in [1.165, 1.54) is 56.6 Å². The summed E-state index contributed by atoms with van der Waals surface area (Å²) in [5.41, 5.74) is 1.11. The van der Waals surface area contributed by atoms with Crippen molar-refractivity contribution < 1.29 is 13.9 Å². The molecule has 1 heterocycles. The number of halogens is 1. The van der Waals surface area contributed by atoms with Gasteiger partial charge < -0.3 is 15.0 Å². The monoisotopic (exact) mass is 382 g/mol. The van der Waals surface area contributed by atoms with E-state index in [9.17, 15) is 9.18 Å². The molecule has 2 aliphatic rings. The minimum Gasteiger partial charge on any atom is -0.494 e. The molecule has 0 radical (unpaired) electrons. The third-order valence-corrected chi connectivity index (χ3v) is 5.91. The molecule has 1 N–H and O–H groups in total. The second-order valence-corrected chi connectivity index (χ2v) is 7.90. The van der Waals surface area contributed by atoms with Crippen LogP contribution in [0.4, 0.5) is 10.1 Å². The molecule has 4 nitrogen and oxygen atoms in total. The summed E-state index contributed by atoms with van der Waals surface area (Å²) in [6, 6.07) is 12.9. The van der Waals surface area contributed by atoms with Crippen molar-refractivity contribution in [3.8, 4) is 5.75 Å². The van der Waals surface area contributed by atoms with Crippen LogP contribution in [-0.2, 0) is 0 Å². The van der Waals surface area contributed by atoms with Crippen LogP contribution in [0.3, 0.4) is 0 Å². The summed E-state index contributed by atoms with van der Waals surface area (Å²) in [7, 11) is 0. The highest BCUT2D eigenvalue weighted by atomic mass is 19.1. The van der Waals surface area contributed by atoms with Crippen LogP contribution in [0.2, 0.25) is 0 Å². The number of hydrogen-bond donors (Lipinski definition) is 1. The van der Waals surface area contributed by atoms with Crippen LogP contribution < -0.4 is 10.1 Å². The number of rotatable bonds is 7. The molecule has 2 atom stereocenters. The molecule has 1 aliphatic carbocycles. The quantitative estimate of drug-likeness (QED) is 0.713. The fraction of sp³-hybridized carbons (Fsp3) is 0.435. The molecule has 0 aromatic heterocycles. The Bertz CT molecular complexity index is 779. The Hall–Kier alpha value is -2.40. The van der Waals surface area contributed by atoms with Crippen molar-refractivity contribution >= 4 is 11.6 Å². The number of amides is 1. The number of nitrogens with one attached hydrogen (secondary N) is 1. The molecule has 2 fully saturated rings. The van der Waals surface area contributed by atoms with Crippen molar-refractivity contribution in [2.75, 3.05) is 31.6 Å². The number of carbonyl (C=O) groups excluding carboxylic acids is 1. The Morgan fingerprint density at radius 2 is 1.71 bits per heavy atom. The van der Waals surface area contributed by atoms with E-state index in [0.29, 0.717) is 17.9 Å². The molecule has 2 aromatic rings. The first kappa shape index (κ1) is 18.9. The molecule has 5 heteroatoms. The fourth-order valence-electron chi connectivity index (χ4n) is 4.43. The van der Waals surface area contributed by atoms with E-state index in [2.05, 4.69) is 10.2 Å². The number of anilines is 1. The van der Waals surface area contributed by atoms with Gasteiger partial charge in [-0.3, -0.25) is 4.79 Å². The van der Waals surface area contributed by atoms with Crippen molar-refractivity contribution in [2.45, 2.75) is 25.7 Å². The standard InChI is InChI=1S/C23H27FN2O2/c24-20-7-9-21(10-8-20)25-23(27)17-5-11-22(12-6-17)28-14-2-13-26-15-18-3-1-4-19(18)16-26/h5-12,18-19H,1-4,13-16H2,(H,25,27). The zero-order valence-corrected chi connectivity index (χ0v) is 16.1. The van der Waals surface area contributed by atoms with Crippen LogP contribution in [0.25, 0.3) is 0 Å². The van der Waals surface area contributed by atoms with Gasteiger partial charge in [-0.1, -0.05) is 6.42 Å².